The van der Waals surface area contributed by atoms with E-state index < -0.39 is 11.7 Å². The van der Waals surface area contributed by atoms with Crippen LogP contribution in [0.15, 0.2) is 48.7 Å². The predicted molar refractivity (Wildman–Crippen MR) is 99.0 cm³/mol. The van der Waals surface area contributed by atoms with E-state index in [4.69, 9.17) is 4.74 Å². The number of aromatic nitrogens is 1. The van der Waals surface area contributed by atoms with Crippen molar-refractivity contribution >= 4 is 17.6 Å². The first-order valence-electron chi connectivity index (χ1n) is 8.71. The highest BCUT2D eigenvalue weighted by Gasteiger charge is 2.26. The molecule has 25 heavy (non-hydrogen) atoms. The van der Waals surface area contributed by atoms with E-state index in [-0.39, 0.29) is 0 Å². The van der Waals surface area contributed by atoms with Gasteiger partial charge in [0.05, 0.1) is 5.69 Å². The number of rotatable bonds is 3. The number of nitrogens with zero attached hydrogens (tertiary/aromatic N) is 2. The average Bonchev–Trinajstić information content (AvgIpc) is 3.09. The molecule has 2 heterocycles. The van der Waals surface area contributed by atoms with Crippen LogP contribution in [0.2, 0.25) is 0 Å². The van der Waals surface area contributed by atoms with E-state index in [9.17, 15) is 4.79 Å². The van der Waals surface area contributed by atoms with Crippen molar-refractivity contribution in [3.8, 4) is 0 Å². The lowest BCUT2D eigenvalue weighted by Gasteiger charge is -2.27. The topological polar surface area (TPSA) is 54.5 Å². The molecule has 0 spiro atoms. The molecule has 0 unspecified atom stereocenters. The van der Waals surface area contributed by atoms with Crippen LogP contribution in [-0.4, -0.2) is 23.2 Å². The lowest BCUT2D eigenvalue weighted by molar-refractivity contribution is 0.0598. The van der Waals surface area contributed by atoms with Crippen LogP contribution in [0.3, 0.4) is 0 Å². The molecule has 0 bridgehead atoms. The van der Waals surface area contributed by atoms with Crippen LogP contribution in [0.4, 0.5) is 16.3 Å². The zero-order valence-electron chi connectivity index (χ0n) is 15.0. The summed E-state index contributed by atoms with van der Waals surface area (Å²) in [6, 6.07) is 13.7. The number of pyridine rings is 1. The highest BCUT2D eigenvalue weighted by atomic mass is 16.6. The van der Waals surface area contributed by atoms with Crippen molar-refractivity contribution in [3.63, 3.8) is 0 Å². The number of hydrogen-bond donors (Lipinski definition) is 1. The second-order valence-electron chi connectivity index (χ2n) is 7.25. The van der Waals surface area contributed by atoms with Crippen LogP contribution < -0.4 is 10.2 Å². The number of carbonyl (C=O) groups excluding carboxylic acids is 1. The molecule has 1 saturated heterocycles. The first kappa shape index (κ1) is 17.4. The molecule has 0 saturated carbocycles. The molecule has 1 atom stereocenters. The highest BCUT2D eigenvalue weighted by Crippen LogP contribution is 2.28. The van der Waals surface area contributed by atoms with Gasteiger partial charge in [0.25, 0.3) is 0 Å². The lowest BCUT2D eigenvalue weighted by atomic mass is 10.1. The molecule has 1 aliphatic heterocycles. The molecular formula is C20H25N3O2. The summed E-state index contributed by atoms with van der Waals surface area (Å²) in [4.78, 5) is 18.8. The van der Waals surface area contributed by atoms with E-state index >= 15 is 0 Å². The van der Waals surface area contributed by atoms with Crippen LogP contribution >= 0.6 is 0 Å². The van der Waals surface area contributed by atoms with Crippen LogP contribution in [0.1, 0.15) is 45.2 Å². The second-order valence-corrected chi connectivity index (χ2v) is 7.25. The Labute approximate surface area is 149 Å². The van der Waals surface area contributed by atoms with E-state index in [1.54, 1.807) is 0 Å². The Balaban J connectivity index is 1.89. The van der Waals surface area contributed by atoms with Gasteiger partial charge in [-0.3, -0.25) is 0 Å². The van der Waals surface area contributed by atoms with Crippen molar-refractivity contribution in [1.82, 2.24) is 10.3 Å². The average molecular weight is 339 g/mol. The Morgan fingerprint density at radius 3 is 2.52 bits per heavy atom. The smallest absolute Gasteiger partial charge is 0.420 e. The summed E-state index contributed by atoms with van der Waals surface area (Å²) in [6.07, 6.45) is 3.71. The maximum Gasteiger partial charge on any atom is 0.420 e. The number of para-hydroxylation sites is 1. The Morgan fingerprint density at radius 2 is 1.96 bits per heavy atom. The maximum atomic E-state index is 12.8. The second kappa shape index (κ2) is 7.23. The monoisotopic (exact) mass is 339 g/mol. The van der Waals surface area contributed by atoms with E-state index in [1.165, 1.54) is 11.3 Å². The Kier molecular flexibility index (Phi) is 5.04. The molecule has 132 valence electrons. The SMILES string of the molecule is CC(C)(C)OC(=O)N(c1ccccc1)c1ccc([C@@H]2CCCN2)cn1. The minimum atomic E-state index is -0.572. The fourth-order valence-corrected chi connectivity index (χ4v) is 2.92. The molecule has 2 aromatic rings. The predicted octanol–water partition coefficient (Wildman–Crippen LogP) is 4.58. The number of anilines is 2. The lowest BCUT2D eigenvalue weighted by Crippen LogP contribution is -2.34. The van der Waals surface area contributed by atoms with E-state index in [0.29, 0.717) is 11.9 Å². The molecule has 1 N–H and O–H groups in total. The van der Waals surface area contributed by atoms with Gasteiger partial charge in [0.1, 0.15) is 11.4 Å². The third-order valence-electron chi connectivity index (χ3n) is 4.05. The van der Waals surface area contributed by atoms with Crippen molar-refractivity contribution in [2.75, 3.05) is 11.4 Å². The first-order chi connectivity index (χ1) is 11.9. The van der Waals surface area contributed by atoms with E-state index in [1.807, 2.05) is 69.4 Å². The summed E-state index contributed by atoms with van der Waals surface area (Å²) in [5.74, 6) is 0.558. The van der Waals surface area contributed by atoms with Gasteiger partial charge in [-0.25, -0.2) is 14.7 Å². The number of carbonyl (C=O) groups is 1. The number of benzene rings is 1. The summed E-state index contributed by atoms with van der Waals surface area (Å²) >= 11 is 0. The Bertz CT molecular complexity index is 702. The van der Waals surface area contributed by atoms with E-state index in [0.717, 1.165) is 24.2 Å². The minimum absolute atomic E-state index is 0.355. The number of amides is 1. The normalized spacial score (nSPS) is 17.3. The summed E-state index contributed by atoms with van der Waals surface area (Å²) < 4.78 is 5.57. The first-order valence-corrected chi connectivity index (χ1v) is 8.71. The molecule has 5 nitrogen and oxygen atoms in total. The summed E-state index contributed by atoms with van der Waals surface area (Å²) in [5, 5.41) is 3.46. The van der Waals surface area contributed by atoms with Crippen LogP contribution in [0.25, 0.3) is 0 Å². The zero-order valence-corrected chi connectivity index (χ0v) is 15.0. The van der Waals surface area contributed by atoms with Gasteiger partial charge in [0, 0.05) is 12.2 Å². The summed E-state index contributed by atoms with van der Waals surface area (Å²) in [5.41, 5.74) is 1.31. The Morgan fingerprint density at radius 1 is 1.20 bits per heavy atom. The standard InChI is InChI=1S/C20H25N3O2/c1-20(2,3)25-19(24)23(16-8-5-4-6-9-16)18-12-11-15(14-22-18)17-10-7-13-21-17/h4-6,8-9,11-12,14,17,21H,7,10,13H2,1-3H3/t17-/m0/s1. The zero-order chi connectivity index (χ0) is 17.9. The van der Waals surface area contributed by atoms with Crippen molar-refractivity contribution < 1.29 is 9.53 Å². The van der Waals surface area contributed by atoms with Gasteiger partial charge in [-0.05, 0) is 63.9 Å². The molecule has 0 aliphatic carbocycles. The number of ether oxygens (including phenoxy) is 1. The molecule has 1 aromatic carbocycles. The summed E-state index contributed by atoms with van der Waals surface area (Å²) in [7, 11) is 0. The van der Waals surface area contributed by atoms with Gasteiger partial charge in [0.2, 0.25) is 0 Å². The van der Waals surface area contributed by atoms with Crippen LogP contribution in [0.5, 0.6) is 0 Å². The molecule has 0 radical (unpaired) electrons. The maximum absolute atomic E-state index is 12.8. The van der Waals surface area contributed by atoms with Crippen LogP contribution in [0, 0.1) is 0 Å². The van der Waals surface area contributed by atoms with Crippen molar-refractivity contribution in [2.24, 2.45) is 0 Å². The molecule has 1 fully saturated rings. The third kappa shape index (κ3) is 4.37. The Hall–Kier alpha value is -2.40. The van der Waals surface area contributed by atoms with Gasteiger partial charge in [-0.2, -0.15) is 0 Å². The molecule has 1 amide bonds. The molecular weight excluding hydrogens is 314 g/mol. The molecule has 1 aromatic heterocycles. The van der Waals surface area contributed by atoms with Crippen molar-refractivity contribution in [3.05, 3.63) is 54.2 Å². The quantitative estimate of drug-likeness (QED) is 0.889. The fraction of sp³-hybridized carbons (Fsp3) is 0.400. The molecule has 5 heteroatoms. The number of hydrogen-bond acceptors (Lipinski definition) is 4. The fourth-order valence-electron chi connectivity index (χ4n) is 2.92. The van der Waals surface area contributed by atoms with Crippen molar-refractivity contribution in [2.45, 2.75) is 45.3 Å². The molecule has 1 aliphatic rings. The molecule has 3 rings (SSSR count). The largest absolute Gasteiger partial charge is 0.443 e. The highest BCUT2D eigenvalue weighted by molar-refractivity contribution is 5.95. The van der Waals surface area contributed by atoms with Gasteiger partial charge in [-0.1, -0.05) is 24.3 Å². The summed E-state index contributed by atoms with van der Waals surface area (Å²) in [6.45, 7) is 6.61. The van der Waals surface area contributed by atoms with Gasteiger partial charge < -0.3 is 10.1 Å². The minimum Gasteiger partial charge on any atom is -0.443 e. The van der Waals surface area contributed by atoms with Gasteiger partial charge in [-0.15, -0.1) is 0 Å². The van der Waals surface area contributed by atoms with E-state index in [2.05, 4.69) is 10.3 Å². The van der Waals surface area contributed by atoms with Crippen LogP contribution in [-0.2, 0) is 4.74 Å². The van der Waals surface area contributed by atoms with Gasteiger partial charge >= 0.3 is 6.09 Å². The van der Waals surface area contributed by atoms with Gasteiger partial charge in [0.15, 0.2) is 0 Å². The number of nitrogens with one attached hydrogen (secondary N) is 1. The van der Waals surface area contributed by atoms with Crippen molar-refractivity contribution in [1.29, 1.82) is 0 Å². The third-order valence-corrected chi connectivity index (χ3v) is 4.05.